The third kappa shape index (κ3) is 7.72. The molecule has 1 fully saturated rings. The molecule has 0 atom stereocenters. The van der Waals surface area contributed by atoms with E-state index in [-0.39, 0.29) is 18.9 Å². The lowest BCUT2D eigenvalue weighted by Gasteiger charge is -2.21. The molecule has 9 heavy (non-hydrogen) atoms. The van der Waals surface area contributed by atoms with Crippen molar-refractivity contribution in [2.75, 3.05) is 13.1 Å². The van der Waals surface area contributed by atoms with E-state index in [4.69, 9.17) is 9.90 Å². The smallest absolute Gasteiger partial charge is 0.290 e. The van der Waals surface area contributed by atoms with E-state index in [2.05, 4.69) is 12.2 Å². The van der Waals surface area contributed by atoms with Gasteiger partial charge in [-0.1, -0.05) is 6.92 Å². The Balaban J connectivity index is 0. The zero-order valence-corrected chi connectivity index (χ0v) is 6.15. The first-order chi connectivity index (χ1) is 3.81. The fraction of sp³-hybridized carbons (Fsp3) is 0.800. The van der Waals surface area contributed by atoms with Crippen LogP contribution in [0.2, 0.25) is 0 Å². The molecular weight excluding hydrogens is 142 g/mol. The van der Waals surface area contributed by atoms with E-state index in [0.29, 0.717) is 0 Å². The van der Waals surface area contributed by atoms with Crippen molar-refractivity contribution in [3.05, 3.63) is 0 Å². The number of rotatable bonds is 0. The second kappa shape index (κ2) is 7.72. The van der Waals surface area contributed by atoms with Gasteiger partial charge >= 0.3 is 0 Å². The summed E-state index contributed by atoms with van der Waals surface area (Å²) in [4.78, 5) is 8.36. The molecule has 0 bridgehead atoms. The van der Waals surface area contributed by atoms with Crippen LogP contribution in [0.4, 0.5) is 0 Å². The molecule has 0 aromatic heterocycles. The first-order valence-electron chi connectivity index (χ1n) is 2.59. The number of hydrogen-bond acceptors (Lipinski definition) is 2. The van der Waals surface area contributed by atoms with Crippen LogP contribution in [0.1, 0.15) is 6.92 Å². The summed E-state index contributed by atoms with van der Waals surface area (Å²) in [5.41, 5.74) is 0. The SMILES string of the molecule is CC1CNC1.Cl.O=CO. The largest absolute Gasteiger partial charge is 0.483 e. The molecule has 1 aliphatic heterocycles. The molecule has 0 spiro atoms. The topological polar surface area (TPSA) is 49.3 Å². The highest BCUT2D eigenvalue weighted by Gasteiger charge is 2.07. The Labute approximate surface area is 60.9 Å². The molecule has 3 nitrogen and oxygen atoms in total. The predicted octanol–water partition coefficient (Wildman–Crippen LogP) is 0.348. The molecule has 0 aliphatic carbocycles. The van der Waals surface area contributed by atoms with Gasteiger partial charge in [0.1, 0.15) is 0 Å². The Morgan fingerprint density at radius 2 is 1.89 bits per heavy atom. The number of carbonyl (C=O) groups is 1. The van der Waals surface area contributed by atoms with Gasteiger partial charge in [0.25, 0.3) is 6.47 Å². The Morgan fingerprint density at radius 1 is 1.67 bits per heavy atom. The van der Waals surface area contributed by atoms with Crippen molar-refractivity contribution in [1.29, 1.82) is 0 Å². The van der Waals surface area contributed by atoms with E-state index >= 15 is 0 Å². The maximum Gasteiger partial charge on any atom is 0.290 e. The van der Waals surface area contributed by atoms with Crippen LogP contribution in [0.5, 0.6) is 0 Å². The predicted molar refractivity (Wildman–Crippen MR) is 38.0 cm³/mol. The normalized spacial score (nSPS) is 15.7. The highest BCUT2D eigenvalue weighted by molar-refractivity contribution is 5.85. The van der Waals surface area contributed by atoms with Gasteiger partial charge in [-0.2, -0.15) is 0 Å². The second-order valence-corrected chi connectivity index (χ2v) is 1.87. The maximum absolute atomic E-state index is 8.36. The molecule has 0 aromatic carbocycles. The maximum atomic E-state index is 8.36. The summed E-state index contributed by atoms with van der Waals surface area (Å²) >= 11 is 0. The third-order valence-electron chi connectivity index (χ3n) is 0.986. The Kier molecular flexibility index (Phi) is 9.87. The summed E-state index contributed by atoms with van der Waals surface area (Å²) in [6, 6.07) is 0. The van der Waals surface area contributed by atoms with Gasteiger partial charge in [-0.15, -0.1) is 12.4 Å². The lowest BCUT2D eigenvalue weighted by Crippen LogP contribution is -2.39. The van der Waals surface area contributed by atoms with Gasteiger partial charge in [-0.3, -0.25) is 4.79 Å². The van der Waals surface area contributed by atoms with Crippen LogP contribution in [0.15, 0.2) is 0 Å². The lowest BCUT2D eigenvalue weighted by molar-refractivity contribution is -0.122. The van der Waals surface area contributed by atoms with Gasteiger partial charge in [-0.05, 0) is 19.0 Å². The molecule has 56 valence electrons. The third-order valence-corrected chi connectivity index (χ3v) is 0.986. The molecule has 0 amide bonds. The summed E-state index contributed by atoms with van der Waals surface area (Å²) in [7, 11) is 0. The van der Waals surface area contributed by atoms with Crippen LogP contribution in [0.25, 0.3) is 0 Å². The van der Waals surface area contributed by atoms with Crippen molar-refractivity contribution in [1.82, 2.24) is 5.32 Å². The van der Waals surface area contributed by atoms with Crippen LogP contribution < -0.4 is 5.32 Å². The lowest BCUT2D eigenvalue weighted by atomic mass is 10.1. The van der Waals surface area contributed by atoms with Crippen molar-refractivity contribution in [2.45, 2.75) is 6.92 Å². The van der Waals surface area contributed by atoms with Crippen molar-refractivity contribution in [2.24, 2.45) is 5.92 Å². The van der Waals surface area contributed by atoms with Gasteiger partial charge in [0, 0.05) is 0 Å². The number of hydrogen-bond donors (Lipinski definition) is 2. The molecule has 0 radical (unpaired) electrons. The van der Waals surface area contributed by atoms with Gasteiger partial charge in [0.05, 0.1) is 0 Å². The highest BCUT2D eigenvalue weighted by Crippen LogP contribution is 1.96. The Morgan fingerprint density at radius 3 is 1.89 bits per heavy atom. The van der Waals surface area contributed by atoms with Crippen LogP contribution in [-0.2, 0) is 4.79 Å². The number of carboxylic acid groups (broad SMARTS) is 1. The average Bonchev–Trinajstić information content (AvgIpc) is 1.64. The number of halogens is 1. The van der Waals surface area contributed by atoms with E-state index in [0.717, 1.165) is 5.92 Å². The zero-order valence-electron chi connectivity index (χ0n) is 5.33. The van der Waals surface area contributed by atoms with E-state index in [1.165, 1.54) is 13.1 Å². The van der Waals surface area contributed by atoms with Gasteiger partial charge in [0.15, 0.2) is 0 Å². The highest BCUT2D eigenvalue weighted by atomic mass is 35.5. The van der Waals surface area contributed by atoms with Gasteiger partial charge < -0.3 is 10.4 Å². The van der Waals surface area contributed by atoms with E-state index in [9.17, 15) is 0 Å². The van der Waals surface area contributed by atoms with Gasteiger partial charge in [0.2, 0.25) is 0 Å². The molecule has 0 unspecified atom stereocenters. The summed E-state index contributed by atoms with van der Waals surface area (Å²) in [5.74, 6) is 0.954. The quantitative estimate of drug-likeness (QED) is 0.494. The minimum absolute atomic E-state index is 0. The minimum Gasteiger partial charge on any atom is -0.483 e. The molecule has 4 heteroatoms. The van der Waals surface area contributed by atoms with Crippen molar-refractivity contribution in [3.8, 4) is 0 Å². The minimum atomic E-state index is -0.250. The van der Waals surface area contributed by atoms with E-state index in [1.807, 2.05) is 0 Å². The summed E-state index contributed by atoms with van der Waals surface area (Å²) in [6.45, 7) is 4.47. The Bertz CT molecular complexity index is 66.0. The number of nitrogens with one attached hydrogen (secondary N) is 1. The average molecular weight is 154 g/mol. The van der Waals surface area contributed by atoms with Crippen LogP contribution >= 0.6 is 12.4 Å². The first-order valence-corrected chi connectivity index (χ1v) is 2.59. The van der Waals surface area contributed by atoms with Crippen LogP contribution in [-0.4, -0.2) is 24.7 Å². The molecular formula is C5H12ClNO2. The summed E-state index contributed by atoms with van der Waals surface area (Å²) in [5, 5.41) is 10.0. The zero-order chi connectivity index (χ0) is 6.41. The van der Waals surface area contributed by atoms with Crippen molar-refractivity contribution in [3.63, 3.8) is 0 Å². The first kappa shape index (κ1) is 11.5. The molecule has 1 heterocycles. The molecule has 1 rings (SSSR count). The molecule has 1 saturated heterocycles. The summed E-state index contributed by atoms with van der Waals surface area (Å²) < 4.78 is 0. The standard InChI is InChI=1S/C4H9N.CH2O2.ClH/c1-4-2-5-3-4;2-1-3;/h4-5H,2-3H2,1H3;1H,(H,2,3);1H. The molecule has 1 aliphatic rings. The van der Waals surface area contributed by atoms with Crippen molar-refractivity contribution >= 4 is 18.9 Å². The van der Waals surface area contributed by atoms with E-state index in [1.54, 1.807) is 0 Å². The molecule has 0 saturated carbocycles. The van der Waals surface area contributed by atoms with Crippen LogP contribution in [0, 0.1) is 5.92 Å². The Hall–Kier alpha value is -0.280. The van der Waals surface area contributed by atoms with Crippen LogP contribution in [0.3, 0.4) is 0 Å². The molecule has 2 N–H and O–H groups in total. The van der Waals surface area contributed by atoms with Crippen molar-refractivity contribution < 1.29 is 9.90 Å². The second-order valence-electron chi connectivity index (χ2n) is 1.87. The van der Waals surface area contributed by atoms with E-state index < -0.39 is 0 Å². The monoisotopic (exact) mass is 153 g/mol. The summed E-state index contributed by atoms with van der Waals surface area (Å²) in [6.07, 6.45) is 0. The molecule has 0 aromatic rings. The van der Waals surface area contributed by atoms with Gasteiger partial charge in [-0.25, -0.2) is 0 Å². The fourth-order valence-corrected chi connectivity index (χ4v) is 0.433. The fourth-order valence-electron chi connectivity index (χ4n) is 0.433.